The molecule has 5 rings (SSSR count). The molecule has 9 heteroatoms. The maximum atomic E-state index is 12.8. The van der Waals surface area contributed by atoms with Crippen LogP contribution < -0.4 is 15.1 Å². The van der Waals surface area contributed by atoms with Crippen molar-refractivity contribution in [3.05, 3.63) is 94.9 Å². The summed E-state index contributed by atoms with van der Waals surface area (Å²) in [6, 6.07) is 22.5. The fourth-order valence-corrected chi connectivity index (χ4v) is 5.49. The molecule has 206 valence electrons. The number of amides is 1. The molecule has 0 aliphatic carbocycles. The molecule has 1 amide bonds. The number of carboxylic acids is 1. The number of carboxylic acid groups (broad SMARTS) is 1. The smallest absolute Gasteiger partial charge is 0.335 e. The lowest BCUT2D eigenvalue weighted by atomic mass is 10.1. The molecule has 1 saturated heterocycles. The number of thiazole rings is 1. The number of benzene rings is 3. The van der Waals surface area contributed by atoms with Crippen molar-refractivity contribution in [1.82, 2.24) is 4.98 Å². The minimum Gasteiger partial charge on any atom is -0.478 e. The molecule has 1 aliphatic heterocycles. The summed E-state index contributed by atoms with van der Waals surface area (Å²) in [5, 5.41) is 15.1. The summed E-state index contributed by atoms with van der Waals surface area (Å²) >= 11 is 1.57. The van der Waals surface area contributed by atoms with Gasteiger partial charge in [-0.25, -0.2) is 9.78 Å². The normalized spacial score (nSPS) is 13.3. The summed E-state index contributed by atoms with van der Waals surface area (Å²) in [6.07, 6.45) is 0. The molecule has 40 heavy (non-hydrogen) atoms. The van der Waals surface area contributed by atoms with Crippen molar-refractivity contribution in [3.63, 3.8) is 0 Å². The first-order valence-corrected chi connectivity index (χ1v) is 14.1. The summed E-state index contributed by atoms with van der Waals surface area (Å²) in [5.74, 6) is -1.08. The first kappa shape index (κ1) is 27.4. The van der Waals surface area contributed by atoms with E-state index in [4.69, 9.17) is 14.8 Å². The third kappa shape index (κ3) is 6.50. The van der Waals surface area contributed by atoms with Gasteiger partial charge in [-0.1, -0.05) is 24.3 Å². The molecule has 0 atom stereocenters. The Balaban J connectivity index is 1.22. The van der Waals surface area contributed by atoms with Gasteiger partial charge in [0.05, 0.1) is 24.5 Å². The van der Waals surface area contributed by atoms with Crippen molar-refractivity contribution in [1.29, 1.82) is 0 Å². The van der Waals surface area contributed by atoms with Gasteiger partial charge in [0.25, 0.3) is 5.91 Å². The maximum absolute atomic E-state index is 12.8. The van der Waals surface area contributed by atoms with Gasteiger partial charge >= 0.3 is 5.97 Å². The highest BCUT2D eigenvalue weighted by molar-refractivity contribution is 7.14. The number of hydrogen-bond acceptors (Lipinski definition) is 7. The van der Waals surface area contributed by atoms with Crippen LogP contribution in [0.5, 0.6) is 0 Å². The second-order valence-electron chi connectivity index (χ2n) is 9.92. The second-order valence-corrected chi connectivity index (χ2v) is 10.8. The van der Waals surface area contributed by atoms with E-state index in [9.17, 15) is 9.59 Å². The Bertz CT molecular complexity index is 1440. The number of hydrogen-bond donors (Lipinski definition) is 2. The van der Waals surface area contributed by atoms with Gasteiger partial charge in [-0.05, 0) is 67.9 Å². The van der Waals surface area contributed by atoms with Crippen molar-refractivity contribution in [2.75, 3.05) is 41.4 Å². The molecule has 1 fully saturated rings. The number of ether oxygens (including phenoxy) is 1. The number of anilines is 3. The molecule has 0 unspecified atom stereocenters. The number of aromatic nitrogens is 1. The van der Waals surface area contributed by atoms with E-state index < -0.39 is 5.97 Å². The van der Waals surface area contributed by atoms with E-state index in [1.807, 2.05) is 66.0 Å². The summed E-state index contributed by atoms with van der Waals surface area (Å²) in [6.45, 7) is 8.01. The number of rotatable bonds is 9. The maximum Gasteiger partial charge on any atom is 0.335 e. The highest BCUT2D eigenvalue weighted by Gasteiger charge is 2.17. The van der Waals surface area contributed by atoms with Crippen LogP contribution in [0.4, 0.5) is 16.5 Å². The Morgan fingerprint density at radius 2 is 1.62 bits per heavy atom. The lowest BCUT2D eigenvalue weighted by Crippen LogP contribution is -2.36. The molecule has 8 nitrogen and oxygen atoms in total. The molecule has 3 aromatic carbocycles. The summed E-state index contributed by atoms with van der Waals surface area (Å²) < 4.78 is 5.41. The van der Waals surface area contributed by atoms with Gasteiger partial charge in [-0.3, -0.25) is 4.79 Å². The zero-order valence-electron chi connectivity index (χ0n) is 22.5. The minimum atomic E-state index is -0.930. The highest BCUT2D eigenvalue weighted by atomic mass is 32.1. The molecule has 1 aliphatic rings. The number of carbonyl (C=O) groups excluding carboxylic acids is 1. The summed E-state index contributed by atoms with van der Waals surface area (Å²) in [4.78, 5) is 33.3. The van der Waals surface area contributed by atoms with E-state index in [1.54, 1.807) is 23.5 Å². The molecule has 0 saturated carbocycles. The first-order valence-electron chi connectivity index (χ1n) is 13.3. The van der Waals surface area contributed by atoms with Crippen LogP contribution in [0.2, 0.25) is 0 Å². The van der Waals surface area contributed by atoms with Crippen LogP contribution in [0, 0.1) is 0 Å². The topological polar surface area (TPSA) is 95.0 Å². The molecule has 0 spiro atoms. The van der Waals surface area contributed by atoms with Gasteiger partial charge in [-0.2, -0.15) is 0 Å². The molecule has 1 aromatic heterocycles. The van der Waals surface area contributed by atoms with Crippen LogP contribution in [0.1, 0.15) is 40.1 Å². The molecule has 2 heterocycles. The zero-order valence-corrected chi connectivity index (χ0v) is 23.4. The predicted octanol–water partition coefficient (Wildman–Crippen LogP) is 6.01. The summed E-state index contributed by atoms with van der Waals surface area (Å²) in [7, 11) is 0. The van der Waals surface area contributed by atoms with Crippen LogP contribution in [-0.4, -0.2) is 54.3 Å². The fourth-order valence-electron chi connectivity index (χ4n) is 4.52. The van der Waals surface area contributed by atoms with E-state index >= 15 is 0 Å². The van der Waals surface area contributed by atoms with Crippen molar-refractivity contribution in [2.24, 2.45) is 0 Å². The van der Waals surface area contributed by atoms with Crippen LogP contribution in [-0.2, 0) is 11.3 Å². The Morgan fingerprint density at radius 3 is 2.25 bits per heavy atom. The quantitative estimate of drug-likeness (QED) is 0.261. The minimum absolute atomic E-state index is 0.152. The van der Waals surface area contributed by atoms with Crippen LogP contribution in [0.25, 0.3) is 11.3 Å². The van der Waals surface area contributed by atoms with Gasteiger partial charge in [0, 0.05) is 53.6 Å². The zero-order chi connectivity index (χ0) is 28.1. The van der Waals surface area contributed by atoms with Crippen molar-refractivity contribution < 1.29 is 19.4 Å². The van der Waals surface area contributed by atoms with Crippen molar-refractivity contribution >= 4 is 39.7 Å². The van der Waals surface area contributed by atoms with E-state index in [0.29, 0.717) is 12.1 Å². The number of nitrogens with zero attached hydrogens (tertiary/aromatic N) is 3. The largest absolute Gasteiger partial charge is 0.478 e. The molecule has 0 radical (unpaired) electrons. The average molecular weight is 557 g/mol. The second kappa shape index (κ2) is 12.3. The molecule has 0 bridgehead atoms. The van der Waals surface area contributed by atoms with Crippen molar-refractivity contribution in [2.45, 2.75) is 26.4 Å². The van der Waals surface area contributed by atoms with E-state index in [0.717, 1.165) is 59.6 Å². The van der Waals surface area contributed by atoms with Crippen LogP contribution >= 0.6 is 11.3 Å². The fraction of sp³-hybridized carbons (Fsp3) is 0.258. The van der Waals surface area contributed by atoms with Crippen LogP contribution in [0.3, 0.4) is 0 Å². The Hall–Kier alpha value is -4.21. The van der Waals surface area contributed by atoms with Crippen LogP contribution in [0.15, 0.2) is 78.2 Å². The number of nitrogens with one attached hydrogen (secondary N) is 1. The van der Waals surface area contributed by atoms with E-state index in [2.05, 4.69) is 29.0 Å². The van der Waals surface area contributed by atoms with Gasteiger partial charge in [0.2, 0.25) is 0 Å². The SMILES string of the molecule is CC(C)N(Cc1ccc(C(=O)O)cc1)c1nc(-c2ccc(NC(=O)c3ccc(N4CCOCC4)cc3)cc2)cs1. The standard InChI is InChI=1S/C31H32N4O4S/c1-21(2)35(19-22-3-5-25(6-4-22)30(37)38)31-33-28(20-40-31)23-7-11-26(12-8-23)32-29(36)24-9-13-27(14-10-24)34-15-17-39-18-16-34/h3-14,20-21H,15-19H2,1-2H3,(H,32,36)(H,37,38). The molecule has 4 aromatic rings. The van der Waals surface area contributed by atoms with Gasteiger partial charge in [-0.15, -0.1) is 11.3 Å². The molecule has 2 N–H and O–H groups in total. The molecular weight excluding hydrogens is 524 g/mol. The number of carbonyl (C=O) groups is 2. The first-order chi connectivity index (χ1) is 19.4. The van der Waals surface area contributed by atoms with Gasteiger partial charge in [0.1, 0.15) is 0 Å². The average Bonchev–Trinajstić information content (AvgIpc) is 3.47. The summed E-state index contributed by atoms with van der Waals surface area (Å²) in [5.41, 5.74) is 5.54. The highest BCUT2D eigenvalue weighted by Crippen LogP contribution is 2.30. The Kier molecular flexibility index (Phi) is 8.42. The van der Waals surface area contributed by atoms with Crippen molar-refractivity contribution in [3.8, 4) is 11.3 Å². The lowest BCUT2D eigenvalue weighted by Gasteiger charge is -2.28. The molecular formula is C31H32N4O4S. The Morgan fingerprint density at radius 1 is 0.975 bits per heavy atom. The predicted molar refractivity (Wildman–Crippen MR) is 160 cm³/mol. The Labute approximate surface area is 237 Å². The van der Waals surface area contributed by atoms with Gasteiger partial charge in [0.15, 0.2) is 5.13 Å². The van der Waals surface area contributed by atoms with E-state index in [-0.39, 0.29) is 17.5 Å². The van der Waals surface area contributed by atoms with E-state index in [1.165, 1.54) is 0 Å². The third-order valence-corrected chi connectivity index (χ3v) is 7.74. The number of morpholine rings is 1. The van der Waals surface area contributed by atoms with Gasteiger partial charge < -0.3 is 25.0 Å². The lowest BCUT2D eigenvalue weighted by molar-refractivity contribution is 0.0696. The third-order valence-electron chi connectivity index (χ3n) is 6.86. The monoisotopic (exact) mass is 556 g/mol. The number of aromatic carboxylic acids is 1.